The fraction of sp³-hybridized carbons (Fsp3) is 0.583. The molecule has 0 atom stereocenters. The smallest absolute Gasteiger partial charge is 0.391 e. The minimum atomic E-state index is -4.08. The lowest BCUT2D eigenvalue weighted by Gasteiger charge is -2.30. The van der Waals surface area contributed by atoms with Crippen LogP contribution in [0.4, 0.5) is 13.2 Å². The first-order valence-electron chi connectivity index (χ1n) is 10.9. The maximum absolute atomic E-state index is 12.9. The Morgan fingerprint density at radius 2 is 1.69 bits per heavy atom. The van der Waals surface area contributed by atoms with Gasteiger partial charge in [0.15, 0.2) is 0 Å². The van der Waals surface area contributed by atoms with Gasteiger partial charge >= 0.3 is 6.18 Å². The molecular weight excluding hydrogens is 375 g/mol. The highest BCUT2D eigenvalue weighted by Gasteiger charge is 2.41. The molecule has 5 heteroatoms. The van der Waals surface area contributed by atoms with Gasteiger partial charge in [0.2, 0.25) is 0 Å². The van der Waals surface area contributed by atoms with Crippen LogP contribution in [0.25, 0.3) is 10.8 Å². The Morgan fingerprint density at radius 3 is 2.38 bits per heavy atom. The fourth-order valence-electron chi connectivity index (χ4n) is 4.67. The van der Waals surface area contributed by atoms with Crippen LogP contribution in [0.15, 0.2) is 36.4 Å². The maximum atomic E-state index is 12.9. The SMILES string of the molecule is CC1CCN(Cc2ccc3c(OC4CCC(C(F)(F)F)CC4)cccc3c2)CC1. The molecule has 1 heterocycles. The molecule has 0 N–H and O–H groups in total. The van der Waals surface area contributed by atoms with E-state index >= 15 is 0 Å². The topological polar surface area (TPSA) is 12.5 Å². The van der Waals surface area contributed by atoms with Gasteiger partial charge in [-0.15, -0.1) is 0 Å². The molecule has 1 aliphatic heterocycles. The molecular formula is C24H30F3NO. The van der Waals surface area contributed by atoms with E-state index < -0.39 is 12.1 Å². The molecule has 2 aromatic rings. The summed E-state index contributed by atoms with van der Waals surface area (Å²) in [5, 5.41) is 2.18. The van der Waals surface area contributed by atoms with Gasteiger partial charge in [-0.05, 0) is 80.6 Å². The van der Waals surface area contributed by atoms with Crippen LogP contribution in [0.1, 0.15) is 51.0 Å². The van der Waals surface area contributed by atoms with Crippen molar-refractivity contribution in [3.8, 4) is 5.75 Å². The molecule has 1 aliphatic carbocycles. The minimum absolute atomic E-state index is 0.130. The molecule has 1 saturated carbocycles. The third kappa shape index (κ3) is 5.06. The van der Waals surface area contributed by atoms with Crippen molar-refractivity contribution >= 4 is 10.8 Å². The van der Waals surface area contributed by atoms with Crippen LogP contribution in [0, 0.1) is 11.8 Å². The summed E-state index contributed by atoms with van der Waals surface area (Å²) in [4.78, 5) is 2.51. The van der Waals surface area contributed by atoms with Gasteiger partial charge in [0, 0.05) is 11.9 Å². The maximum Gasteiger partial charge on any atom is 0.391 e. The Morgan fingerprint density at radius 1 is 0.966 bits per heavy atom. The molecule has 0 spiro atoms. The van der Waals surface area contributed by atoms with Crippen molar-refractivity contribution in [3.05, 3.63) is 42.0 Å². The summed E-state index contributed by atoms with van der Waals surface area (Å²) >= 11 is 0. The molecule has 2 nitrogen and oxygen atoms in total. The first kappa shape index (κ1) is 20.5. The number of ether oxygens (including phenoxy) is 1. The number of fused-ring (bicyclic) bond motifs is 1. The lowest BCUT2D eigenvalue weighted by Crippen LogP contribution is -2.32. The third-order valence-corrected chi connectivity index (χ3v) is 6.62. The molecule has 158 valence electrons. The second-order valence-corrected chi connectivity index (χ2v) is 8.90. The zero-order chi connectivity index (χ0) is 20.4. The fourth-order valence-corrected chi connectivity index (χ4v) is 4.67. The molecule has 4 rings (SSSR count). The molecule has 0 bridgehead atoms. The normalized spacial score (nSPS) is 24.7. The zero-order valence-corrected chi connectivity index (χ0v) is 17.0. The molecule has 0 aromatic heterocycles. The number of piperidine rings is 1. The molecule has 2 aliphatic rings. The number of nitrogens with zero attached hydrogens (tertiary/aromatic N) is 1. The van der Waals surface area contributed by atoms with Crippen molar-refractivity contribution in [1.29, 1.82) is 0 Å². The highest BCUT2D eigenvalue weighted by molar-refractivity contribution is 5.88. The highest BCUT2D eigenvalue weighted by Crippen LogP contribution is 2.39. The number of halogens is 3. The van der Waals surface area contributed by atoms with E-state index in [-0.39, 0.29) is 18.9 Å². The third-order valence-electron chi connectivity index (χ3n) is 6.62. The second kappa shape index (κ2) is 8.55. The number of rotatable bonds is 4. The molecule has 0 unspecified atom stereocenters. The monoisotopic (exact) mass is 405 g/mol. The summed E-state index contributed by atoms with van der Waals surface area (Å²) in [5.74, 6) is 0.445. The molecule has 1 saturated heterocycles. The summed E-state index contributed by atoms with van der Waals surface area (Å²) in [6.45, 7) is 5.60. The molecule has 0 radical (unpaired) electrons. The quantitative estimate of drug-likeness (QED) is 0.570. The Labute approximate surface area is 171 Å². The second-order valence-electron chi connectivity index (χ2n) is 8.90. The molecule has 0 amide bonds. The Kier molecular flexibility index (Phi) is 6.05. The van der Waals surface area contributed by atoms with E-state index in [9.17, 15) is 13.2 Å². The van der Waals surface area contributed by atoms with E-state index in [0.717, 1.165) is 42.1 Å². The predicted octanol–water partition coefficient (Wildman–Crippen LogP) is 6.57. The van der Waals surface area contributed by atoms with Gasteiger partial charge in [0.1, 0.15) is 5.75 Å². The first-order valence-corrected chi connectivity index (χ1v) is 10.9. The number of hydrogen-bond acceptors (Lipinski definition) is 2. The average Bonchev–Trinajstić information content (AvgIpc) is 2.70. The molecule has 29 heavy (non-hydrogen) atoms. The lowest BCUT2D eigenvalue weighted by atomic mass is 9.87. The number of benzene rings is 2. The van der Waals surface area contributed by atoms with Gasteiger partial charge in [0.05, 0.1) is 12.0 Å². The van der Waals surface area contributed by atoms with Crippen LogP contribution in [-0.2, 0) is 6.54 Å². The van der Waals surface area contributed by atoms with Crippen LogP contribution in [0.2, 0.25) is 0 Å². The van der Waals surface area contributed by atoms with Gasteiger partial charge in [-0.25, -0.2) is 0 Å². The summed E-state index contributed by atoms with van der Waals surface area (Å²) in [7, 11) is 0. The van der Waals surface area contributed by atoms with Gasteiger partial charge < -0.3 is 4.74 Å². The number of hydrogen-bond donors (Lipinski definition) is 0. The summed E-state index contributed by atoms with van der Waals surface area (Å²) < 4.78 is 44.8. The van der Waals surface area contributed by atoms with E-state index in [1.165, 1.54) is 18.4 Å². The zero-order valence-electron chi connectivity index (χ0n) is 17.0. The standard InChI is InChI=1S/C24H30F3NO/c1-17-11-13-28(14-12-17)16-18-5-10-22-19(15-18)3-2-4-23(22)29-21-8-6-20(7-9-21)24(25,26)27/h2-5,10,15,17,20-21H,6-9,11-14,16H2,1H3. The lowest BCUT2D eigenvalue weighted by molar-refractivity contribution is -0.185. The number of alkyl halides is 3. The van der Waals surface area contributed by atoms with Gasteiger partial charge in [-0.3, -0.25) is 4.90 Å². The van der Waals surface area contributed by atoms with Gasteiger partial charge in [0.25, 0.3) is 0 Å². The predicted molar refractivity (Wildman–Crippen MR) is 110 cm³/mol. The summed E-state index contributed by atoms with van der Waals surface area (Å²) in [6.07, 6.45) is -0.417. The van der Waals surface area contributed by atoms with Gasteiger partial charge in [-0.2, -0.15) is 13.2 Å². The van der Waals surface area contributed by atoms with Crippen molar-refractivity contribution in [1.82, 2.24) is 4.90 Å². The van der Waals surface area contributed by atoms with Crippen LogP contribution in [0.3, 0.4) is 0 Å². The summed E-state index contributed by atoms with van der Waals surface area (Å²) in [6, 6.07) is 12.5. The van der Waals surface area contributed by atoms with Crippen molar-refractivity contribution in [2.45, 2.75) is 64.3 Å². The van der Waals surface area contributed by atoms with E-state index in [4.69, 9.17) is 4.74 Å². The number of likely N-dealkylation sites (tertiary alicyclic amines) is 1. The van der Waals surface area contributed by atoms with Crippen molar-refractivity contribution in [2.75, 3.05) is 13.1 Å². The summed E-state index contributed by atoms with van der Waals surface area (Å²) in [5.41, 5.74) is 1.30. The van der Waals surface area contributed by atoms with Gasteiger partial charge in [-0.1, -0.05) is 31.2 Å². The van der Waals surface area contributed by atoms with Crippen LogP contribution in [-0.4, -0.2) is 30.3 Å². The van der Waals surface area contributed by atoms with E-state index in [2.05, 4.69) is 36.1 Å². The Balaban J connectivity index is 1.42. The average molecular weight is 406 g/mol. The van der Waals surface area contributed by atoms with E-state index in [0.29, 0.717) is 12.8 Å². The van der Waals surface area contributed by atoms with Crippen LogP contribution >= 0.6 is 0 Å². The van der Waals surface area contributed by atoms with Crippen molar-refractivity contribution in [2.24, 2.45) is 11.8 Å². The van der Waals surface area contributed by atoms with E-state index in [1.54, 1.807) is 0 Å². The largest absolute Gasteiger partial charge is 0.490 e. The molecule has 2 aromatic carbocycles. The first-order chi connectivity index (χ1) is 13.9. The minimum Gasteiger partial charge on any atom is -0.490 e. The Bertz CT molecular complexity index is 818. The molecule has 2 fully saturated rings. The van der Waals surface area contributed by atoms with Crippen molar-refractivity contribution < 1.29 is 17.9 Å². The Hall–Kier alpha value is -1.75. The highest BCUT2D eigenvalue weighted by atomic mass is 19.4. The van der Waals surface area contributed by atoms with Crippen LogP contribution < -0.4 is 4.74 Å². The van der Waals surface area contributed by atoms with Crippen LogP contribution in [0.5, 0.6) is 5.75 Å². The van der Waals surface area contributed by atoms with E-state index in [1.807, 2.05) is 12.1 Å². The van der Waals surface area contributed by atoms with Crippen molar-refractivity contribution in [3.63, 3.8) is 0 Å².